The van der Waals surface area contributed by atoms with Gasteiger partial charge in [0.05, 0.1) is 6.04 Å². The summed E-state index contributed by atoms with van der Waals surface area (Å²) in [6.45, 7) is 3.39. The van der Waals surface area contributed by atoms with Crippen LogP contribution in [-0.4, -0.2) is 80.9 Å². The fraction of sp³-hybridized carbons (Fsp3) is 0.684. The minimum Gasteiger partial charge on any atom is -0.481 e. The third-order valence-electron chi connectivity index (χ3n) is 4.88. The molecule has 0 fully saturated rings. The highest BCUT2D eigenvalue weighted by atomic mass is 32.1. The van der Waals surface area contributed by atoms with Gasteiger partial charge in [-0.25, -0.2) is 4.79 Å². The van der Waals surface area contributed by atoms with Crippen LogP contribution in [0.2, 0.25) is 0 Å². The number of carboxylic acids is 3. The Labute approximate surface area is 196 Å². The van der Waals surface area contributed by atoms with Crippen LogP contribution < -0.4 is 21.7 Å². The third kappa shape index (κ3) is 11.5. The molecule has 0 saturated heterocycles. The van der Waals surface area contributed by atoms with E-state index in [0.29, 0.717) is 6.42 Å². The van der Waals surface area contributed by atoms with Crippen molar-refractivity contribution in [1.29, 1.82) is 0 Å². The van der Waals surface area contributed by atoms with Crippen LogP contribution in [0.15, 0.2) is 0 Å². The largest absolute Gasteiger partial charge is 0.481 e. The zero-order valence-corrected chi connectivity index (χ0v) is 19.3. The fourth-order valence-corrected chi connectivity index (χ4v) is 2.88. The molecule has 0 saturated carbocycles. The maximum absolute atomic E-state index is 12.7. The minimum atomic E-state index is -1.47. The molecule has 0 aromatic heterocycles. The average molecular weight is 493 g/mol. The molecule has 188 valence electrons. The first-order valence-electron chi connectivity index (χ1n) is 10.3. The van der Waals surface area contributed by atoms with Crippen LogP contribution in [0.25, 0.3) is 0 Å². The first kappa shape index (κ1) is 30.1. The summed E-state index contributed by atoms with van der Waals surface area (Å²) in [4.78, 5) is 70.2. The number of nitrogens with one attached hydrogen (secondary N) is 3. The first-order chi connectivity index (χ1) is 15.3. The topological polar surface area (TPSA) is 225 Å². The Morgan fingerprint density at radius 2 is 1.33 bits per heavy atom. The van der Waals surface area contributed by atoms with E-state index in [4.69, 9.17) is 15.9 Å². The van der Waals surface area contributed by atoms with Crippen LogP contribution >= 0.6 is 12.6 Å². The minimum absolute atomic E-state index is 0.146. The predicted octanol–water partition coefficient (Wildman–Crippen LogP) is -1.44. The monoisotopic (exact) mass is 492 g/mol. The van der Waals surface area contributed by atoms with Crippen LogP contribution in [0.4, 0.5) is 0 Å². The Kier molecular flexibility index (Phi) is 13.7. The Hall–Kier alpha value is -2.87. The second-order valence-electron chi connectivity index (χ2n) is 7.49. The summed E-state index contributed by atoms with van der Waals surface area (Å²) in [5, 5.41) is 33.7. The van der Waals surface area contributed by atoms with E-state index in [9.17, 15) is 33.9 Å². The number of thiol groups is 1. The quantitative estimate of drug-likeness (QED) is 0.117. The molecule has 0 aliphatic carbocycles. The van der Waals surface area contributed by atoms with Crippen LogP contribution in [0, 0.1) is 5.92 Å². The maximum atomic E-state index is 12.7. The lowest BCUT2D eigenvalue weighted by Crippen LogP contribution is -2.59. The number of hydrogen-bond acceptors (Lipinski definition) is 8. The molecule has 0 bridgehead atoms. The summed E-state index contributed by atoms with van der Waals surface area (Å²) >= 11 is 4.02. The van der Waals surface area contributed by atoms with Gasteiger partial charge in [-0.2, -0.15) is 12.6 Å². The van der Waals surface area contributed by atoms with Crippen molar-refractivity contribution in [3.8, 4) is 0 Å². The zero-order valence-electron chi connectivity index (χ0n) is 18.4. The van der Waals surface area contributed by atoms with E-state index in [1.807, 2.05) is 0 Å². The van der Waals surface area contributed by atoms with E-state index in [2.05, 4.69) is 28.6 Å². The third-order valence-corrected chi connectivity index (χ3v) is 5.24. The SMILES string of the molecule is CCC(C)C(NC(=O)C(CS)NC(=O)C(N)CCC(=O)O)C(=O)NC(CCC(=O)O)C(=O)O. The predicted molar refractivity (Wildman–Crippen MR) is 118 cm³/mol. The Morgan fingerprint density at radius 3 is 1.79 bits per heavy atom. The molecule has 0 aromatic carbocycles. The molecule has 0 aliphatic rings. The van der Waals surface area contributed by atoms with Crippen molar-refractivity contribution in [1.82, 2.24) is 16.0 Å². The molecule has 5 atom stereocenters. The average Bonchev–Trinajstić information content (AvgIpc) is 2.75. The number of rotatable bonds is 16. The van der Waals surface area contributed by atoms with Crippen LogP contribution in [0.3, 0.4) is 0 Å². The van der Waals surface area contributed by atoms with E-state index in [1.165, 1.54) is 0 Å². The number of amides is 3. The standard InChI is InChI=1S/C19H32N4O9S/c1-3-9(2)15(18(30)21-11(19(31)32)5-7-14(26)27)23-17(29)12(8-33)22-16(28)10(20)4-6-13(24)25/h9-12,15,33H,3-8,20H2,1-2H3,(H,21,30)(H,22,28)(H,23,29)(H,24,25)(H,26,27)(H,31,32). The van der Waals surface area contributed by atoms with Gasteiger partial charge in [0.25, 0.3) is 0 Å². The molecule has 33 heavy (non-hydrogen) atoms. The first-order valence-corrected chi connectivity index (χ1v) is 10.9. The Bertz CT molecular complexity index is 734. The second-order valence-corrected chi connectivity index (χ2v) is 7.85. The van der Waals surface area contributed by atoms with Gasteiger partial charge in [-0.3, -0.25) is 24.0 Å². The molecule has 13 nitrogen and oxygen atoms in total. The van der Waals surface area contributed by atoms with Crippen LogP contribution in [-0.2, 0) is 28.8 Å². The number of nitrogens with two attached hydrogens (primary N) is 1. The zero-order chi connectivity index (χ0) is 25.7. The summed E-state index contributed by atoms with van der Waals surface area (Å²) in [6, 6.07) is -5.01. The summed E-state index contributed by atoms with van der Waals surface area (Å²) in [5.74, 6) is -6.74. The normalized spacial score (nSPS) is 15.3. The molecule has 5 unspecified atom stereocenters. The molecule has 0 aliphatic heterocycles. The van der Waals surface area contributed by atoms with E-state index in [1.54, 1.807) is 13.8 Å². The number of carboxylic acid groups (broad SMARTS) is 3. The lowest BCUT2D eigenvalue weighted by Gasteiger charge is -2.27. The van der Waals surface area contributed by atoms with Crippen molar-refractivity contribution in [3.05, 3.63) is 0 Å². The second kappa shape index (κ2) is 15.1. The lowest BCUT2D eigenvalue weighted by molar-refractivity contribution is -0.144. The highest BCUT2D eigenvalue weighted by molar-refractivity contribution is 7.80. The molecule has 14 heteroatoms. The van der Waals surface area contributed by atoms with Gasteiger partial charge in [-0.1, -0.05) is 20.3 Å². The maximum Gasteiger partial charge on any atom is 0.326 e. The molecule has 0 rings (SSSR count). The van der Waals surface area contributed by atoms with Gasteiger partial charge in [0, 0.05) is 18.6 Å². The molecule has 0 radical (unpaired) electrons. The van der Waals surface area contributed by atoms with Gasteiger partial charge in [-0.05, 0) is 18.8 Å². The van der Waals surface area contributed by atoms with Crippen LogP contribution in [0.5, 0.6) is 0 Å². The number of aliphatic carboxylic acids is 3. The molecule has 0 spiro atoms. The number of carbonyl (C=O) groups is 6. The molecular formula is C19H32N4O9S. The molecule has 8 N–H and O–H groups in total. The number of hydrogen-bond donors (Lipinski definition) is 8. The van der Waals surface area contributed by atoms with Crippen molar-refractivity contribution in [2.75, 3.05) is 5.75 Å². The van der Waals surface area contributed by atoms with E-state index < -0.39 is 72.1 Å². The molecule has 0 aromatic rings. The summed E-state index contributed by atoms with van der Waals surface area (Å²) in [7, 11) is 0. The summed E-state index contributed by atoms with van der Waals surface area (Å²) < 4.78 is 0. The number of carbonyl (C=O) groups excluding carboxylic acids is 3. The van der Waals surface area contributed by atoms with Crippen molar-refractivity contribution in [2.45, 2.75) is 70.1 Å². The van der Waals surface area contributed by atoms with E-state index in [0.717, 1.165) is 0 Å². The van der Waals surface area contributed by atoms with Gasteiger partial charge >= 0.3 is 17.9 Å². The summed E-state index contributed by atoms with van der Waals surface area (Å²) in [6.07, 6.45) is -0.875. The highest BCUT2D eigenvalue weighted by Crippen LogP contribution is 2.10. The van der Waals surface area contributed by atoms with Gasteiger partial charge in [0.2, 0.25) is 17.7 Å². The Morgan fingerprint density at radius 1 is 0.818 bits per heavy atom. The smallest absolute Gasteiger partial charge is 0.326 e. The summed E-state index contributed by atoms with van der Waals surface area (Å²) in [5.41, 5.74) is 5.63. The van der Waals surface area contributed by atoms with Gasteiger partial charge < -0.3 is 37.0 Å². The van der Waals surface area contributed by atoms with Crippen LogP contribution in [0.1, 0.15) is 46.0 Å². The molecule has 0 heterocycles. The van der Waals surface area contributed by atoms with Crippen molar-refractivity contribution in [3.63, 3.8) is 0 Å². The molecular weight excluding hydrogens is 460 g/mol. The lowest BCUT2D eigenvalue weighted by atomic mass is 9.97. The Balaban J connectivity index is 5.29. The van der Waals surface area contributed by atoms with Crippen molar-refractivity contribution in [2.24, 2.45) is 11.7 Å². The van der Waals surface area contributed by atoms with Crippen molar-refractivity contribution >= 4 is 48.3 Å². The van der Waals surface area contributed by atoms with Gasteiger partial charge in [0.1, 0.15) is 18.1 Å². The van der Waals surface area contributed by atoms with Crippen molar-refractivity contribution < 1.29 is 44.1 Å². The highest BCUT2D eigenvalue weighted by Gasteiger charge is 2.32. The van der Waals surface area contributed by atoms with E-state index >= 15 is 0 Å². The van der Waals surface area contributed by atoms with Gasteiger partial charge in [-0.15, -0.1) is 0 Å². The fourth-order valence-electron chi connectivity index (χ4n) is 2.63. The van der Waals surface area contributed by atoms with Gasteiger partial charge in [0.15, 0.2) is 0 Å². The van der Waals surface area contributed by atoms with E-state index in [-0.39, 0.29) is 25.0 Å². The molecule has 3 amide bonds.